The van der Waals surface area contributed by atoms with E-state index in [9.17, 15) is 4.79 Å². The predicted octanol–water partition coefficient (Wildman–Crippen LogP) is 2.89. The molecule has 2 heterocycles. The van der Waals surface area contributed by atoms with E-state index in [4.69, 9.17) is 4.52 Å². The van der Waals surface area contributed by atoms with Crippen LogP contribution < -0.4 is 0 Å². The molecule has 0 atom stereocenters. The summed E-state index contributed by atoms with van der Waals surface area (Å²) in [6, 6.07) is 5.91. The highest BCUT2D eigenvalue weighted by atomic mass is 32.1. The van der Waals surface area contributed by atoms with Crippen molar-refractivity contribution in [2.45, 2.75) is 33.2 Å². The van der Waals surface area contributed by atoms with Crippen LogP contribution in [0.25, 0.3) is 11.0 Å². The Hall–Kier alpha value is -2.28. The number of benzene rings is 1. The summed E-state index contributed by atoms with van der Waals surface area (Å²) < 4.78 is 13.5. The zero-order valence-electron chi connectivity index (χ0n) is 13.4. The molecule has 0 fully saturated rings. The van der Waals surface area contributed by atoms with Gasteiger partial charge in [0.05, 0.1) is 17.4 Å². The smallest absolute Gasteiger partial charge is 0.222 e. The van der Waals surface area contributed by atoms with E-state index in [0.717, 1.165) is 33.6 Å². The van der Waals surface area contributed by atoms with Crippen LogP contribution in [0.1, 0.15) is 29.0 Å². The summed E-state index contributed by atoms with van der Waals surface area (Å²) in [6.07, 6.45) is 1.10. The second-order valence-corrected chi connectivity index (χ2v) is 6.17. The number of hydrogen-bond acceptors (Lipinski definition) is 6. The molecule has 3 aromatic rings. The number of carbonyl (C=O) groups is 1. The minimum absolute atomic E-state index is 0.0986. The van der Waals surface area contributed by atoms with Crippen molar-refractivity contribution >= 4 is 28.7 Å². The van der Waals surface area contributed by atoms with Gasteiger partial charge < -0.3 is 9.42 Å². The lowest BCUT2D eigenvalue weighted by atomic mass is 10.1. The number of carbonyl (C=O) groups excluding carboxylic acids is 1. The molecule has 0 saturated heterocycles. The number of nitrogens with zero attached hydrogens (tertiary/aromatic N) is 4. The van der Waals surface area contributed by atoms with Gasteiger partial charge in [-0.1, -0.05) is 11.2 Å². The van der Waals surface area contributed by atoms with Crippen LogP contribution in [-0.2, 0) is 17.8 Å². The maximum Gasteiger partial charge on any atom is 0.222 e. The Balaban J connectivity index is 1.61. The number of amides is 1. The van der Waals surface area contributed by atoms with Crippen LogP contribution >= 0.6 is 11.7 Å². The van der Waals surface area contributed by atoms with Crippen molar-refractivity contribution in [3.8, 4) is 0 Å². The summed E-state index contributed by atoms with van der Waals surface area (Å²) in [7, 11) is 1.82. The van der Waals surface area contributed by atoms with E-state index in [2.05, 4.69) is 13.9 Å². The molecule has 0 unspecified atom stereocenters. The summed E-state index contributed by atoms with van der Waals surface area (Å²) in [5.41, 5.74) is 4.72. The van der Waals surface area contributed by atoms with Crippen LogP contribution in [0.15, 0.2) is 22.7 Å². The van der Waals surface area contributed by atoms with Gasteiger partial charge in [0.15, 0.2) is 0 Å². The largest absolute Gasteiger partial charge is 0.361 e. The third-order valence-corrected chi connectivity index (χ3v) is 4.49. The van der Waals surface area contributed by atoms with E-state index in [1.165, 1.54) is 11.7 Å². The van der Waals surface area contributed by atoms with Gasteiger partial charge >= 0.3 is 0 Å². The lowest BCUT2D eigenvalue weighted by molar-refractivity contribution is -0.130. The second kappa shape index (κ2) is 6.45. The van der Waals surface area contributed by atoms with Crippen molar-refractivity contribution in [3.05, 3.63) is 40.8 Å². The number of hydrogen-bond donors (Lipinski definition) is 0. The number of aromatic nitrogens is 3. The topological polar surface area (TPSA) is 72.1 Å². The molecule has 23 heavy (non-hydrogen) atoms. The molecule has 0 saturated carbocycles. The Kier molecular flexibility index (Phi) is 4.38. The third kappa shape index (κ3) is 3.39. The molecule has 0 spiro atoms. The Morgan fingerprint density at radius 1 is 1.26 bits per heavy atom. The predicted molar refractivity (Wildman–Crippen MR) is 88.2 cm³/mol. The van der Waals surface area contributed by atoms with Gasteiger partial charge in [-0.25, -0.2) is 0 Å². The zero-order chi connectivity index (χ0) is 16.4. The normalized spacial score (nSPS) is 11.1. The van der Waals surface area contributed by atoms with Gasteiger partial charge in [0, 0.05) is 25.6 Å². The minimum Gasteiger partial charge on any atom is -0.361 e. The van der Waals surface area contributed by atoms with Crippen LogP contribution in [0.3, 0.4) is 0 Å². The zero-order valence-corrected chi connectivity index (χ0v) is 14.2. The molecule has 3 rings (SSSR count). The molecule has 0 N–H and O–H groups in total. The molecule has 1 aromatic carbocycles. The highest BCUT2D eigenvalue weighted by Crippen LogP contribution is 2.17. The van der Waals surface area contributed by atoms with Crippen molar-refractivity contribution in [3.63, 3.8) is 0 Å². The first kappa shape index (κ1) is 15.6. The van der Waals surface area contributed by atoms with Crippen molar-refractivity contribution in [2.24, 2.45) is 0 Å². The summed E-state index contributed by atoms with van der Waals surface area (Å²) in [5, 5.41) is 3.92. The molecule has 1 amide bonds. The van der Waals surface area contributed by atoms with Gasteiger partial charge in [-0.15, -0.1) is 0 Å². The fraction of sp³-hybridized carbons (Fsp3) is 0.375. The maximum absolute atomic E-state index is 12.3. The highest BCUT2D eigenvalue weighted by Gasteiger charge is 2.14. The first-order valence-corrected chi connectivity index (χ1v) is 8.14. The van der Waals surface area contributed by atoms with Crippen molar-refractivity contribution in [1.82, 2.24) is 18.8 Å². The quantitative estimate of drug-likeness (QED) is 0.719. The first-order chi connectivity index (χ1) is 11.0. The molecule has 0 aliphatic rings. The Bertz CT molecular complexity index is 820. The Labute approximate surface area is 138 Å². The molecule has 0 aliphatic heterocycles. The van der Waals surface area contributed by atoms with Gasteiger partial charge in [0.25, 0.3) is 0 Å². The summed E-state index contributed by atoms with van der Waals surface area (Å²) in [4.78, 5) is 14.1. The molecular weight excluding hydrogens is 312 g/mol. The lowest BCUT2D eigenvalue weighted by Gasteiger charge is -2.17. The Morgan fingerprint density at radius 3 is 2.78 bits per heavy atom. The van der Waals surface area contributed by atoms with Crippen LogP contribution in [0.4, 0.5) is 0 Å². The van der Waals surface area contributed by atoms with Gasteiger partial charge in [-0.05, 0) is 38.0 Å². The Morgan fingerprint density at radius 2 is 2.04 bits per heavy atom. The molecule has 6 nitrogen and oxygen atoms in total. The van der Waals surface area contributed by atoms with Crippen molar-refractivity contribution in [2.75, 3.05) is 7.05 Å². The molecule has 0 bridgehead atoms. The summed E-state index contributed by atoms with van der Waals surface area (Å²) in [6.45, 7) is 4.34. The molecule has 0 aliphatic carbocycles. The van der Waals surface area contributed by atoms with Gasteiger partial charge in [-0.3, -0.25) is 4.79 Å². The van der Waals surface area contributed by atoms with Gasteiger partial charge in [-0.2, -0.15) is 8.75 Å². The van der Waals surface area contributed by atoms with Crippen molar-refractivity contribution in [1.29, 1.82) is 0 Å². The monoisotopic (exact) mass is 330 g/mol. The SMILES string of the molecule is Cc1noc(C)c1CCC(=O)N(C)Cc1ccc2nsnc2c1. The second-order valence-electron chi connectivity index (χ2n) is 5.64. The average Bonchev–Trinajstić information content (AvgIpc) is 3.11. The first-order valence-electron chi connectivity index (χ1n) is 7.41. The van der Waals surface area contributed by atoms with E-state index in [0.29, 0.717) is 19.4 Å². The van der Waals surface area contributed by atoms with E-state index >= 15 is 0 Å². The van der Waals surface area contributed by atoms with Crippen LogP contribution in [0.2, 0.25) is 0 Å². The van der Waals surface area contributed by atoms with Crippen LogP contribution in [0.5, 0.6) is 0 Å². The third-order valence-electron chi connectivity index (χ3n) is 3.93. The van der Waals surface area contributed by atoms with E-state index in [1.54, 1.807) is 4.90 Å². The fourth-order valence-corrected chi connectivity index (χ4v) is 3.09. The molecule has 120 valence electrons. The minimum atomic E-state index is 0.0986. The molecule has 7 heteroatoms. The van der Waals surface area contributed by atoms with Crippen LogP contribution in [0, 0.1) is 13.8 Å². The summed E-state index contributed by atoms with van der Waals surface area (Å²) >= 11 is 1.20. The maximum atomic E-state index is 12.3. The van der Waals surface area contributed by atoms with E-state index in [1.807, 2.05) is 39.1 Å². The van der Waals surface area contributed by atoms with E-state index in [-0.39, 0.29) is 5.91 Å². The van der Waals surface area contributed by atoms with E-state index < -0.39 is 0 Å². The molecule has 2 aromatic heterocycles. The highest BCUT2D eigenvalue weighted by molar-refractivity contribution is 7.00. The average molecular weight is 330 g/mol. The molecule has 0 radical (unpaired) electrons. The van der Waals surface area contributed by atoms with Gasteiger partial charge in [0.1, 0.15) is 16.8 Å². The number of rotatable bonds is 5. The summed E-state index contributed by atoms with van der Waals surface area (Å²) in [5.74, 6) is 0.890. The van der Waals surface area contributed by atoms with Gasteiger partial charge in [0.2, 0.25) is 5.91 Å². The standard InChI is InChI=1S/C16H18N4O2S/c1-10-13(11(2)22-17-10)5-7-16(21)20(3)9-12-4-6-14-15(8-12)19-23-18-14/h4,6,8H,5,7,9H2,1-3H3. The number of fused-ring (bicyclic) bond motifs is 1. The molecular formula is C16H18N4O2S. The van der Waals surface area contributed by atoms with Crippen LogP contribution in [-0.4, -0.2) is 31.8 Å². The number of aryl methyl sites for hydroxylation is 2. The fourth-order valence-electron chi connectivity index (χ4n) is 2.57. The van der Waals surface area contributed by atoms with Crippen molar-refractivity contribution < 1.29 is 9.32 Å². The lowest BCUT2D eigenvalue weighted by Crippen LogP contribution is -2.26.